The topological polar surface area (TPSA) is 72.4 Å². The van der Waals surface area contributed by atoms with Crippen LogP contribution in [0.2, 0.25) is 0 Å². The molecule has 2 aromatic carbocycles. The van der Waals surface area contributed by atoms with Gasteiger partial charge in [0.1, 0.15) is 12.0 Å². The summed E-state index contributed by atoms with van der Waals surface area (Å²) in [5.74, 6) is 0.278. The number of carbonyl (C=O) groups excluding carboxylic acids is 1. The average Bonchev–Trinajstić information content (AvgIpc) is 3.26. The van der Waals surface area contributed by atoms with Crippen molar-refractivity contribution in [2.24, 2.45) is 0 Å². The second-order valence-electron chi connectivity index (χ2n) is 6.10. The number of hydrogen-bond acceptors (Lipinski definition) is 4. The van der Waals surface area contributed by atoms with Gasteiger partial charge >= 0.3 is 5.84 Å². The lowest BCUT2D eigenvalue weighted by molar-refractivity contribution is 0.0912. The number of oxazole rings is 1. The molecule has 6 heteroatoms. The highest BCUT2D eigenvalue weighted by Gasteiger charge is 2.23. The number of hydrogen-bond donors (Lipinski definition) is 1. The Morgan fingerprint density at radius 2 is 1.81 bits per heavy atom. The van der Waals surface area contributed by atoms with E-state index in [0.29, 0.717) is 18.0 Å². The molecule has 0 aliphatic rings. The molecule has 1 atom stereocenters. The van der Waals surface area contributed by atoms with Crippen LogP contribution in [0.3, 0.4) is 0 Å². The number of fused-ring (bicyclic) bond motifs is 1. The van der Waals surface area contributed by atoms with Crippen LogP contribution in [-0.4, -0.2) is 20.5 Å². The van der Waals surface area contributed by atoms with Gasteiger partial charge in [-0.1, -0.05) is 60.7 Å². The summed E-state index contributed by atoms with van der Waals surface area (Å²) in [6.07, 6.45) is 1.95. The average molecular weight is 346 g/mol. The van der Waals surface area contributed by atoms with Gasteiger partial charge in [-0.2, -0.15) is 14.6 Å². The fourth-order valence-electron chi connectivity index (χ4n) is 2.94. The molecule has 2 heterocycles. The molecule has 1 amide bonds. The molecule has 0 radical (unpaired) electrons. The van der Waals surface area contributed by atoms with Gasteiger partial charge in [0, 0.05) is 6.42 Å². The highest BCUT2D eigenvalue weighted by Crippen LogP contribution is 2.20. The van der Waals surface area contributed by atoms with E-state index < -0.39 is 0 Å². The second kappa shape index (κ2) is 6.84. The summed E-state index contributed by atoms with van der Waals surface area (Å²) >= 11 is 0. The molecule has 0 saturated heterocycles. The molecule has 2 aromatic heterocycles. The number of nitrogens with one attached hydrogen (secondary N) is 1. The van der Waals surface area contributed by atoms with Gasteiger partial charge in [-0.15, -0.1) is 0 Å². The molecule has 0 aliphatic carbocycles. The Balaban J connectivity index is 1.64. The van der Waals surface area contributed by atoms with E-state index >= 15 is 0 Å². The molecule has 1 unspecified atom stereocenters. The van der Waals surface area contributed by atoms with Crippen LogP contribution in [0.1, 0.15) is 40.3 Å². The van der Waals surface area contributed by atoms with Gasteiger partial charge in [0.05, 0.1) is 6.04 Å². The van der Waals surface area contributed by atoms with E-state index in [0.717, 1.165) is 11.1 Å². The van der Waals surface area contributed by atoms with Crippen LogP contribution < -0.4 is 5.32 Å². The summed E-state index contributed by atoms with van der Waals surface area (Å²) in [5.41, 5.74) is 2.78. The minimum Gasteiger partial charge on any atom is -0.416 e. The van der Waals surface area contributed by atoms with Crippen LogP contribution in [-0.2, 0) is 6.42 Å². The van der Waals surface area contributed by atoms with Crippen molar-refractivity contribution in [1.82, 2.24) is 19.9 Å². The first-order valence-electron chi connectivity index (χ1n) is 8.43. The SMILES string of the molecule is CC(NC(=O)c1oc2ncnn2c1Cc1ccccc1)c1ccccc1. The minimum atomic E-state index is -0.278. The maximum atomic E-state index is 12.8. The number of benzene rings is 2. The standard InChI is InChI=1S/C20H18N4O2/c1-14(16-10-6-3-7-11-16)23-19(25)18-17(12-15-8-4-2-5-9-15)24-20(26-18)21-13-22-24/h2-11,13-14H,12H2,1H3,(H,23,25). The highest BCUT2D eigenvalue weighted by molar-refractivity contribution is 5.93. The predicted molar refractivity (Wildman–Crippen MR) is 96.8 cm³/mol. The van der Waals surface area contributed by atoms with E-state index in [2.05, 4.69) is 15.4 Å². The molecule has 0 saturated carbocycles. The highest BCUT2D eigenvalue weighted by atomic mass is 16.4. The lowest BCUT2D eigenvalue weighted by atomic mass is 10.1. The Morgan fingerprint density at radius 1 is 1.12 bits per heavy atom. The first-order valence-corrected chi connectivity index (χ1v) is 8.43. The molecule has 26 heavy (non-hydrogen) atoms. The van der Waals surface area contributed by atoms with Gasteiger partial charge in [0.15, 0.2) is 0 Å². The van der Waals surface area contributed by atoms with E-state index in [4.69, 9.17) is 4.42 Å². The van der Waals surface area contributed by atoms with Crippen molar-refractivity contribution in [3.05, 3.63) is 89.6 Å². The second-order valence-corrected chi connectivity index (χ2v) is 6.10. The van der Waals surface area contributed by atoms with Crippen LogP contribution >= 0.6 is 0 Å². The van der Waals surface area contributed by atoms with Crippen LogP contribution in [0.4, 0.5) is 0 Å². The maximum absolute atomic E-state index is 12.8. The number of aromatic nitrogens is 3. The number of amides is 1. The minimum absolute atomic E-state index is 0.140. The molecule has 1 N–H and O–H groups in total. The van der Waals surface area contributed by atoms with E-state index in [1.54, 1.807) is 4.52 Å². The van der Waals surface area contributed by atoms with Gasteiger partial charge in [0.25, 0.3) is 5.91 Å². The third-order valence-electron chi connectivity index (χ3n) is 4.30. The van der Waals surface area contributed by atoms with Crippen molar-refractivity contribution in [1.29, 1.82) is 0 Å². The van der Waals surface area contributed by atoms with E-state index in [1.807, 2.05) is 67.6 Å². The van der Waals surface area contributed by atoms with Gasteiger partial charge in [-0.05, 0) is 18.1 Å². The molecule has 4 rings (SSSR count). The number of nitrogens with zero attached hydrogens (tertiary/aromatic N) is 3. The lowest BCUT2D eigenvalue weighted by Crippen LogP contribution is -2.27. The first kappa shape index (κ1) is 16.1. The molecule has 0 spiro atoms. The van der Waals surface area contributed by atoms with E-state index in [1.165, 1.54) is 6.33 Å². The zero-order valence-corrected chi connectivity index (χ0v) is 14.3. The Morgan fingerprint density at radius 3 is 2.54 bits per heavy atom. The van der Waals surface area contributed by atoms with Crippen LogP contribution in [0.15, 0.2) is 71.4 Å². The molecular formula is C20H18N4O2. The fraction of sp³-hybridized carbons (Fsp3) is 0.150. The quantitative estimate of drug-likeness (QED) is 0.601. The zero-order chi connectivity index (χ0) is 17.9. The third kappa shape index (κ3) is 3.09. The smallest absolute Gasteiger partial charge is 0.325 e. The Bertz CT molecular complexity index is 1020. The lowest BCUT2D eigenvalue weighted by Gasteiger charge is -2.13. The fourth-order valence-corrected chi connectivity index (χ4v) is 2.94. The molecule has 0 fully saturated rings. The van der Waals surface area contributed by atoms with E-state index in [9.17, 15) is 4.79 Å². The molecule has 0 bridgehead atoms. The Hall–Kier alpha value is -3.41. The van der Waals surface area contributed by atoms with Gasteiger partial charge in [-0.25, -0.2) is 0 Å². The third-order valence-corrected chi connectivity index (χ3v) is 4.30. The van der Waals surface area contributed by atoms with Crippen molar-refractivity contribution < 1.29 is 9.21 Å². The van der Waals surface area contributed by atoms with Crippen molar-refractivity contribution in [2.75, 3.05) is 0 Å². The molecule has 130 valence electrons. The van der Waals surface area contributed by atoms with Gasteiger partial charge in [0.2, 0.25) is 5.76 Å². The summed E-state index contributed by atoms with van der Waals surface area (Å²) in [6, 6.07) is 19.6. The summed E-state index contributed by atoms with van der Waals surface area (Å²) in [6.45, 7) is 1.94. The van der Waals surface area contributed by atoms with Crippen LogP contribution in [0.5, 0.6) is 0 Å². The summed E-state index contributed by atoms with van der Waals surface area (Å²) < 4.78 is 7.27. The summed E-state index contributed by atoms with van der Waals surface area (Å²) in [4.78, 5) is 16.9. The van der Waals surface area contributed by atoms with Gasteiger partial charge in [-0.3, -0.25) is 4.79 Å². The first-order chi connectivity index (χ1) is 12.7. The van der Waals surface area contributed by atoms with E-state index in [-0.39, 0.29) is 17.7 Å². The van der Waals surface area contributed by atoms with Crippen molar-refractivity contribution in [3.63, 3.8) is 0 Å². The number of carbonyl (C=O) groups is 1. The van der Waals surface area contributed by atoms with Crippen molar-refractivity contribution in [3.8, 4) is 0 Å². The van der Waals surface area contributed by atoms with Crippen molar-refractivity contribution >= 4 is 11.8 Å². The molecule has 6 nitrogen and oxygen atoms in total. The normalized spacial score (nSPS) is 12.2. The molecular weight excluding hydrogens is 328 g/mol. The zero-order valence-electron chi connectivity index (χ0n) is 14.3. The van der Waals surface area contributed by atoms with Crippen LogP contribution in [0, 0.1) is 0 Å². The monoisotopic (exact) mass is 346 g/mol. The summed E-state index contributed by atoms with van der Waals surface area (Å²) in [5, 5.41) is 7.17. The largest absolute Gasteiger partial charge is 0.416 e. The van der Waals surface area contributed by atoms with Crippen molar-refractivity contribution in [2.45, 2.75) is 19.4 Å². The molecule has 4 aromatic rings. The van der Waals surface area contributed by atoms with Gasteiger partial charge < -0.3 is 9.73 Å². The Labute approximate surface area is 150 Å². The Kier molecular flexibility index (Phi) is 4.23. The number of rotatable bonds is 5. The maximum Gasteiger partial charge on any atom is 0.325 e. The summed E-state index contributed by atoms with van der Waals surface area (Å²) in [7, 11) is 0. The van der Waals surface area contributed by atoms with Crippen LogP contribution in [0.25, 0.3) is 5.84 Å². The molecule has 0 aliphatic heterocycles. The predicted octanol–water partition coefficient (Wildman–Crippen LogP) is 3.40.